The Morgan fingerprint density at radius 3 is 2.55 bits per heavy atom. The number of carbonyl (C=O) groups excluding carboxylic acids is 3. The summed E-state index contributed by atoms with van der Waals surface area (Å²) in [5.74, 6) is -0.997. The third-order valence-electron chi connectivity index (χ3n) is 6.33. The highest BCUT2D eigenvalue weighted by atomic mass is 32.2. The molecule has 0 aliphatic carbocycles. The van der Waals surface area contributed by atoms with E-state index in [1.54, 1.807) is 42.6 Å². The van der Waals surface area contributed by atoms with Gasteiger partial charge >= 0.3 is 0 Å². The number of hydrogen-bond acceptors (Lipinski definition) is 6. The van der Waals surface area contributed by atoms with E-state index in [1.807, 2.05) is 67.8 Å². The Kier molecular flexibility index (Phi) is 9.15. The summed E-state index contributed by atoms with van der Waals surface area (Å²) in [7, 11) is 0. The molecule has 0 radical (unpaired) electrons. The molecule has 10 heteroatoms. The smallest absolute Gasteiger partial charge is 0.272 e. The number of H-pyrrole nitrogens is 1. The van der Waals surface area contributed by atoms with Gasteiger partial charge in [0.25, 0.3) is 11.8 Å². The molecule has 0 fully saturated rings. The minimum absolute atomic E-state index is 0.0937. The van der Waals surface area contributed by atoms with Gasteiger partial charge in [0.2, 0.25) is 5.91 Å². The minimum atomic E-state index is -0.476. The number of fused-ring (bicyclic) bond motifs is 1. The van der Waals surface area contributed by atoms with E-state index in [-0.39, 0.29) is 16.9 Å². The predicted octanol–water partition coefficient (Wildman–Crippen LogP) is 6.85. The molecule has 0 bridgehead atoms. The topological polar surface area (TPSA) is 116 Å². The molecule has 8 nitrogen and oxygen atoms in total. The predicted molar refractivity (Wildman–Crippen MR) is 171 cm³/mol. The second-order valence-electron chi connectivity index (χ2n) is 9.45. The second-order valence-corrected chi connectivity index (χ2v) is 11.6. The van der Waals surface area contributed by atoms with Crippen LogP contribution in [0.1, 0.15) is 35.0 Å². The molecule has 0 spiro atoms. The van der Waals surface area contributed by atoms with Crippen LogP contribution in [0.15, 0.2) is 101 Å². The van der Waals surface area contributed by atoms with Crippen molar-refractivity contribution in [1.82, 2.24) is 15.3 Å². The van der Waals surface area contributed by atoms with E-state index in [0.29, 0.717) is 22.8 Å². The summed E-state index contributed by atoms with van der Waals surface area (Å²) in [6.07, 6.45) is 4.07. The number of aromatic nitrogens is 2. The molecule has 212 valence electrons. The van der Waals surface area contributed by atoms with Crippen molar-refractivity contribution in [2.45, 2.75) is 30.4 Å². The van der Waals surface area contributed by atoms with Gasteiger partial charge in [0.05, 0.1) is 10.9 Å². The number of rotatable bonds is 10. The van der Waals surface area contributed by atoms with Crippen molar-refractivity contribution in [3.05, 3.63) is 113 Å². The van der Waals surface area contributed by atoms with Crippen molar-refractivity contribution in [2.24, 2.45) is 0 Å². The number of nitrogens with one attached hydrogen (secondary N) is 4. The van der Waals surface area contributed by atoms with Gasteiger partial charge in [-0.2, -0.15) is 0 Å². The van der Waals surface area contributed by atoms with Crippen molar-refractivity contribution in [1.29, 1.82) is 0 Å². The van der Waals surface area contributed by atoms with Crippen LogP contribution in [0.5, 0.6) is 0 Å². The molecule has 0 saturated carbocycles. The lowest BCUT2D eigenvalue weighted by atomic mass is 10.1. The fourth-order valence-corrected chi connectivity index (χ4v) is 5.95. The van der Waals surface area contributed by atoms with Gasteiger partial charge in [0, 0.05) is 44.2 Å². The van der Waals surface area contributed by atoms with Crippen LogP contribution in [0.4, 0.5) is 10.8 Å². The fourth-order valence-electron chi connectivity index (χ4n) is 4.24. The van der Waals surface area contributed by atoms with Gasteiger partial charge in [0.15, 0.2) is 5.13 Å². The van der Waals surface area contributed by atoms with Crippen molar-refractivity contribution in [3.63, 3.8) is 0 Å². The number of anilines is 2. The van der Waals surface area contributed by atoms with Gasteiger partial charge in [-0.15, -0.1) is 23.1 Å². The number of thiazole rings is 1. The summed E-state index contributed by atoms with van der Waals surface area (Å²) in [5.41, 5.74) is 3.61. The van der Waals surface area contributed by atoms with E-state index in [4.69, 9.17) is 0 Å². The lowest BCUT2D eigenvalue weighted by Gasteiger charge is -2.15. The molecule has 1 unspecified atom stereocenters. The Hall–Kier alpha value is -4.67. The minimum Gasteiger partial charge on any atom is -0.361 e. The largest absolute Gasteiger partial charge is 0.361 e. The van der Waals surface area contributed by atoms with E-state index < -0.39 is 11.8 Å². The first-order valence-corrected chi connectivity index (χ1v) is 15.1. The average Bonchev–Trinajstić information content (AvgIpc) is 3.61. The molecule has 2 heterocycles. The molecule has 42 heavy (non-hydrogen) atoms. The normalized spacial score (nSPS) is 12.1. The van der Waals surface area contributed by atoms with Crippen LogP contribution < -0.4 is 16.0 Å². The SMILES string of the molecule is CCC(Sc1cccc(NC(=O)/C(=C/c2c[nH]c3ccccc23)NC(=O)c2ccccc2)c1)C(=O)Nc1nc(C)cs1. The quantitative estimate of drug-likeness (QED) is 0.104. The summed E-state index contributed by atoms with van der Waals surface area (Å²) < 4.78 is 0. The van der Waals surface area contributed by atoms with Crippen LogP contribution >= 0.6 is 23.1 Å². The zero-order valence-electron chi connectivity index (χ0n) is 23.0. The molecule has 1 atom stereocenters. The number of hydrogen-bond donors (Lipinski definition) is 4. The summed E-state index contributed by atoms with van der Waals surface area (Å²) >= 11 is 2.80. The lowest BCUT2D eigenvalue weighted by molar-refractivity contribution is -0.116. The molecule has 2 aromatic heterocycles. The van der Waals surface area contributed by atoms with Gasteiger partial charge < -0.3 is 20.9 Å². The fraction of sp³-hybridized carbons (Fsp3) is 0.125. The highest BCUT2D eigenvalue weighted by Gasteiger charge is 2.20. The molecule has 5 aromatic rings. The monoisotopic (exact) mass is 595 g/mol. The number of nitrogens with zero attached hydrogens (tertiary/aromatic N) is 1. The Bertz CT molecular complexity index is 1760. The Labute approximate surface area is 251 Å². The van der Waals surface area contributed by atoms with Crippen molar-refractivity contribution < 1.29 is 14.4 Å². The number of thioether (sulfide) groups is 1. The van der Waals surface area contributed by atoms with Crippen molar-refractivity contribution in [2.75, 3.05) is 10.6 Å². The number of benzene rings is 3. The first kappa shape index (κ1) is 28.8. The standard InChI is InChI=1S/C32H29N5O3S2/c1-3-28(31(40)37-32-34-20(2)19-41-32)42-24-13-9-12-23(17-24)35-30(39)27(36-29(38)21-10-5-4-6-11-21)16-22-18-33-26-15-8-7-14-25(22)26/h4-19,28,33H,3H2,1-2H3,(H,35,39)(H,36,38)(H,34,37,40)/b27-16-. The molecule has 0 aliphatic rings. The number of para-hydroxylation sites is 1. The number of carbonyl (C=O) groups is 3. The van der Waals surface area contributed by atoms with E-state index in [1.165, 1.54) is 23.1 Å². The summed E-state index contributed by atoms with van der Waals surface area (Å²) in [6, 6.07) is 23.8. The maximum absolute atomic E-state index is 13.6. The van der Waals surface area contributed by atoms with E-state index in [9.17, 15) is 14.4 Å². The van der Waals surface area contributed by atoms with E-state index in [0.717, 1.165) is 27.1 Å². The Balaban J connectivity index is 1.35. The third-order valence-corrected chi connectivity index (χ3v) is 8.57. The molecule has 3 amide bonds. The first-order valence-electron chi connectivity index (χ1n) is 13.3. The van der Waals surface area contributed by atoms with E-state index >= 15 is 0 Å². The first-order chi connectivity index (χ1) is 20.4. The third kappa shape index (κ3) is 7.15. The number of amides is 3. The van der Waals surface area contributed by atoms with Crippen molar-refractivity contribution in [3.8, 4) is 0 Å². The maximum Gasteiger partial charge on any atom is 0.272 e. The zero-order valence-corrected chi connectivity index (χ0v) is 24.6. The molecule has 5 rings (SSSR count). The summed E-state index contributed by atoms with van der Waals surface area (Å²) in [6.45, 7) is 3.83. The van der Waals surface area contributed by atoms with Crippen LogP contribution in [-0.2, 0) is 9.59 Å². The zero-order chi connectivity index (χ0) is 29.5. The van der Waals surface area contributed by atoms with Gasteiger partial charge in [-0.05, 0) is 55.8 Å². The van der Waals surface area contributed by atoms with E-state index in [2.05, 4.69) is 25.9 Å². The second kappa shape index (κ2) is 13.3. The van der Waals surface area contributed by atoms with Gasteiger partial charge in [-0.25, -0.2) is 4.98 Å². The number of aryl methyl sites for hydroxylation is 1. The van der Waals surface area contributed by atoms with Crippen LogP contribution in [0.2, 0.25) is 0 Å². The molecular weight excluding hydrogens is 567 g/mol. The lowest BCUT2D eigenvalue weighted by Crippen LogP contribution is -2.30. The maximum atomic E-state index is 13.6. The van der Waals surface area contributed by atoms with Gasteiger partial charge in [-0.3, -0.25) is 14.4 Å². The Morgan fingerprint density at radius 1 is 1.00 bits per heavy atom. The van der Waals surface area contributed by atoms with Crippen molar-refractivity contribution >= 4 is 68.6 Å². The van der Waals surface area contributed by atoms with Crippen LogP contribution in [0, 0.1) is 6.92 Å². The van der Waals surface area contributed by atoms with Crippen LogP contribution in [0.3, 0.4) is 0 Å². The molecule has 0 saturated heterocycles. The Morgan fingerprint density at radius 2 is 1.79 bits per heavy atom. The highest BCUT2D eigenvalue weighted by molar-refractivity contribution is 8.00. The number of aromatic amines is 1. The average molecular weight is 596 g/mol. The van der Waals surface area contributed by atoms with Crippen LogP contribution in [-0.4, -0.2) is 32.9 Å². The molecular formula is C32H29N5O3S2. The summed E-state index contributed by atoms with van der Waals surface area (Å²) in [4.78, 5) is 47.8. The molecule has 4 N–H and O–H groups in total. The molecule has 0 aliphatic heterocycles. The highest BCUT2D eigenvalue weighted by Crippen LogP contribution is 2.29. The van der Waals surface area contributed by atoms with Gasteiger partial charge in [0.1, 0.15) is 5.70 Å². The van der Waals surface area contributed by atoms with Gasteiger partial charge in [-0.1, -0.05) is 49.4 Å². The van der Waals surface area contributed by atoms with Crippen LogP contribution in [0.25, 0.3) is 17.0 Å². The molecule has 3 aromatic carbocycles. The summed E-state index contributed by atoms with van der Waals surface area (Å²) in [5, 5.41) is 11.6.